The number of aliphatic hydroxyl groups is 1. The van der Waals surface area contributed by atoms with E-state index >= 15 is 0 Å². The minimum Gasteiger partial charge on any atom is -0.389 e. The van der Waals surface area contributed by atoms with Crippen LogP contribution in [0.4, 0.5) is 0 Å². The molecular formula is C18H31NO2. The highest BCUT2D eigenvalue weighted by atomic mass is 16.5. The van der Waals surface area contributed by atoms with Crippen LogP contribution in [0.15, 0.2) is 24.3 Å². The molecule has 0 saturated carbocycles. The molecule has 2 unspecified atom stereocenters. The van der Waals surface area contributed by atoms with Crippen LogP contribution in [0, 0.1) is 5.92 Å². The van der Waals surface area contributed by atoms with Crippen molar-refractivity contribution < 1.29 is 9.84 Å². The standard InChI is InChI=1S/C18H31NO2/c1-14(2)12-16-6-8-17(9-7-16)15(3)19-13-18(4,20)10-11-21-5/h6-9,14-15,19-20H,10-13H2,1-5H3. The van der Waals surface area contributed by atoms with Gasteiger partial charge in [-0.2, -0.15) is 0 Å². The van der Waals surface area contributed by atoms with E-state index in [1.807, 2.05) is 6.92 Å². The van der Waals surface area contributed by atoms with E-state index in [1.165, 1.54) is 11.1 Å². The normalized spacial score (nSPS) is 16.0. The van der Waals surface area contributed by atoms with Crippen LogP contribution in [0.1, 0.15) is 51.3 Å². The first-order valence-corrected chi connectivity index (χ1v) is 7.87. The number of methoxy groups -OCH3 is 1. The van der Waals surface area contributed by atoms with Crippen LogP contribution in [-0.4, -0.2) is 31.0 Å². The highest BCUT2D eigenvalue weighted by molar-refractivity contribution is 5.25. The Morgan fingerprint density at radius 3 is 2.33 bits per heavy atom. The van der Waals surface area contributed by atoms with Crippen LogP contribution < -0.4 is 5.32 Å². The molecule has 1 aromatic rings. The predicted molar refractivity (Wildman–Crippen MR) is 88.5 cm³/mol. The highest BCUT2D eigenvalue weighted by Crippen LogP contribution is 2.17. The molecule has 0 aliphatic rings. The largest absolute Gasteiger partial charge is 0.389 e. The van der Waals surface area contributed by atoms with Crippen LogP contribution in [0.5, 0.6) is 0 Å². The summed E-state index contributed by atoms with van der Waals surface area (Å²) in [7, 11) is 1.66. The molecule has 0 fully saturated rings. The average molecular weight is 293 g/mol. The average Bonchev–Trinajstić information content (AvgIpc) is 2.43. The fourth-order valence-electron chi connectivity index (χ4n) is 2.31. The van der Waals surface area contributed by atoms with Gasteiger partial charge in [0.15, 0.2) is 0 Å². The van der Waals surface area contributed by atoms with Crippen molar-refractivity contribution in [1.82, 2.24) is 5.32 Å². The third kappa shape index (κ3) is 7.07. The minimum absolute atomic E-state index is 0.229. The Morgan fingerprint density at radius 2 is 1.81 bits per heavy atom. The van der Waals surface area contributed by atoms with Gasteiger partial charge in [-0.1, -0.05) is 38.1 Å². The van der Waals surface area contributed by atoms with Gasteiger partial charge in [0, 0.05) is 32.7 Å². The number of hydrogen-bond acceptors (Lipinski definition) is 3. The number of nitrogens with one attached hydrogen (secondary N) is 1. The zero-order valence-electron chi connectivity index (χ0n) is 14.1. The molecule has 0 radical (unpaired) electrons. The van der Waals surface area contributed by atoms with Crippen LogP contribution in [-0.2, 0) is 11.2 Å². The SMILES string of the molecule is COCCC(C)(O)CNC(C)c1ccc(CC(C)C)cc1. The van der Waals surface area contributed by atoms with Crippen molar-refractivity contribution in [3.05, 3.63) is 35.4 Å². The maximum absolute atomic E-state index is 10.2. The van der Waals surface area contributed by atoms with Gasteiger partial charge in [0.05, 0.1) is 5.60 Å². The minimum atomic E-state index is -0.734. The Hall–Kier alpha value is -0.900. The molecule has 0 bridgehead atoms. The first-order chi connectivity index (χ1) is 9.84. The van der Waals surface area contributed by atoms with E-state index in [2.05, 4.69) is 50.4 Å². The van der Waals surface area contributed by atoms with Crippen LogP contribution in [0.25, 0.3) is 0 Å². The maximum atomic E-state index is 10.2. The molecule has 0 aliphatic heterocycles. The molecule has 0 spiro atoms. The lowest BCUT2D eigenvalue weighted by Crippen LogP contribution is -2.39. The third-order valence-corrected chi connectivity index (χ3v) is 3.76. The first-order valence-electron chi connectivity index (χ1n) is 7.87. The summed E-state index contributed by atoms with van der Waals surface area (Å²) in [5.41, 5.74) is 1.90. The van der Waals surface area contributed by atoms with Crippen molar-refractivity contribution in [2.45, 2.75) is 52.2 Å². The molecule has 0 aliphatic carbocycles. The van der Waals surface area contributed by atoms with Gasteiger partial charge in [-0.25, -0.2) is 0 Å². The van der Waals surface area contributed by atoms with Gasteiger partial charge in [0.1, 0.15) is 0 Å². The molecule has 120 valence electrons. The van der Waals surface area contributed by atoms with E-state index in [9.17, 15) is 5.11 Å². The Kier molecular flexibility index (Phi) is 7.36. The van der Waals surface area contributed by atoms with Gasteiger partial charge in [-0.05, 0) is 37.3 Å². The predicted octanol–water partition coefficient (Wildman–Crippen LogP) is 3.32. The van der Waals surface area contributed by atoms with Gasteiger partial charge in [0.25, 0.3) is 0 Å². The van der Waals surface area contributed by atoms with Crippen molar-refractivity contribution in [3.63, 3.8) is 0 Å². The number of hydrogen-bond donors (Lipinski definition) is 2. The van der Waals surface area contributed by atoms with Gasteiger partial charge < -0.3 is 15.2 Å². The fourth-order valence-corrected chi connectivity index (χ4v) is 2.31. The molecule has 1 rings (SSSR count). The van der Waals surface area contributed by atoms with E-state index in [0.717, 1.165) is 6.42 Å². The summed E-state index contributed by atoms with van der Waals surface area (Å²) < 4.78 is 5.03. The smallest absolute Gasteiger partial charge is 0.0765 e. The molecule has 0 amide bonds. The third-order valence-electron chi connectivity index (χ3n) is 3.76. The van der Waals surface area contributed by atoms with Crippen molar-refractivity contribution in [2.75, 3.05) is 20.3 Å². The zero-order chi connectivity index (χ0) is 15.9. The zero-order valence-corrected chi connectivity index (χ0v) is 14.1. The van der Waals surface area contributed by atoms with E-state index < -0.39 is 5.60 Å². The Balaban J connectivity index is 2.49. The van der Waals surface area contributed by atoms with Crippen molar-refractivity contribution in [3.8, 4) is 0 Å². The summed E-state index contributed by atoms with van der Waals surface area (Å²) in [6.45, 7) is 9.58. The molecule has 21 heavy (non-hydrogen) atoms. The molecule has 0 heterocycles. The number of benzene rings is 1. The fraction of sp³-hybridized carbons (Fsp3) is 0.667. The van der Waals surface area contributed by atoms with Crippen LogP contribution >= 0.6 is 0 Å². The van der Waals surface area contributed by atoms with E-state index in [0.29, 0.717) is 25.5 Å². The van der Waals surface area contributed by atoms with Crippen LogP contribution in [0.3, 0.4) is 0 Å². The van der Waals surface area contributed by atoms with E-state index in [-0.39, 0.29) is 6.04 Å². The second-order valence-electron chi connectivity index (χ2n) is 6.68. The van der Waals surface area contributed by atoms with Crippen molar-refractivity contribution in [1.29, 1.82) is 0 Å². The molecule has 3 nitrogen and oxygen atoms in total. The second kappa shape index (κ2) is 8.52. The van der Waals surface area contributed by atoms with Gasteiger partial charge in [-0.3, -0.25) is 0 Å². The lowest BCUT2D eigenvalue weighted by Gasteiger charge is -2.26. The summed E-state index contributed by atoms with van der Waals surface area (Å²) in [6.07, 6.45) is 1.75. The molecule has 2 N–H and O–H groups in total. The highest BCUT2D eigenvalue weighted by Gasteiger charge is 2.20. The number of ether oxygens (including phenoxy) is 1. The van der Waals surface area contributed by atoms with Gasteiger partial charge in [0.2, 0.25) is 0 Å². The molecule has 2 atom stereocenters. The lowest BCUT2D eigenvalue weighted by molar-refractivity contribution is 0.0231. The topological polar surface area (TPSA) is 41.5 Å². The Morgan fingerprint density at radius 1 is 1.19 bits per heavy atom. The second-order valence-corrected chi connectivity index (χ2v) is 6.68. The summed E-state index contributed by atoms with van der Waals surface area (Å²) in [5, 5.41) is 13.6. The summed E-state index contributed by atoms with van der Waals surface area (Å²) in [4.78, 5) is 0. The Labute approximate surface area is 129 Å². The Bertz CT molecular complexity index is 398. The number of rotatable bonds is 9. The summed E-state index contributed by atoms with van der Waals surface area (Å²) in [6, 6.07) is 9.00. The van der Waals surface area contributed by atoms with Gasteiger partial charge >= 0.3 is 0 Å². The van der Waals surface area contributed by atoms with Crippen molar-refractivity contribution in [2.24, 2.45) is 5.92 Å². The molecule has 0 aromatic heterocycles. The maximum Gasteiger partial charge on any atom is 0.0765 e. The lowest BCUT2D eigenvalue weighted by atomic mass is 9.99. The molecule has 0 saturated heterocycles. The molecule has 3 heteroatoms. The monoisotopic (exact) mass is 293 g/mol. The van der Waals surface area contributed by atoms with E-state index in [4.69, 9.17) is 4.74 Å². The van der Waals surface area contributed by atoms with Gasteiger partial charge in [-0.15, -0.1) is 0 Å². The first kappa shape index (κ1) is 18.1. The summed E-state index contributed by atoms with van der Waals surface area (Å²) >= 11 is 0. The molecular weight excluding hydrogens is 262 g/mol. The van der Waals surface area contributed by atoms with Crippen LogP contribution in [0.2, 0.25) is 0 Å². The van der Waals surface area contributed by atoms with Crippen molar-refractivity contribution >= 4 is 0 Å². The van der Waals surface area contributed by atoms with E-state index in [1.54, 1.807) is 7.11 Å². The molecule has 1 aromatic carbocycles. The quantitative estimate of drug-likeness (QED) is 0.734. The summed E-state index contributed by atoms with van der Waals surface area (Å²) in [5.74, 6) is 0.683.